The van der Waals surface area contributed by atoms with Gasteiger partial charge in [-0.05, 0) is 37.8 Å². The van der Waals surface area contributed by atoms with Gasteiger partial charge >= 0.3 is 0 Å². The minimum atomic E-state index is -0.0147. The Morgan fingerprint density at radius 3 is 2.95 bits per heavy atom. The summed E-state index contributed by atoms with van der Waals surface area (Å²) in [5.41, 5.74) is 7.91. The Balaban J connectivity index is 2.15. The fraction of sp³-hybridized carbons (Fsp3) is 0.500. The molecule has 1 amide bonds. The van der Waals surface area contributed by atoms with Crippen molar-refractivity contribution in [1.29, 1.82) is 0 Å². The number of hydrogen-bond donors (Lipinski definition) is 2. The Kier molecular flexibility index (Phi) is 5.41. The Morgan fingerprint density at radius 2 is 2.24 bits per heavy atom. The van der Waals surface area contributed by atoms with Crippen molar-refractivity contribution in [3.63, 3.8) is 0 Å². The minimum Gasteiger partial charge on any atom is -0.349 e. The lowest BCUT2D eigenvalue weighted by Gasteiger charge is -2.27. The second-order valence-electron chi connectivity index (χ2n) is 6.00. The molecule has 21 heavy (non-hydrogen) atoms. The van der Waals surface area contributed by atoms with Crippen molar-refractivity contribution in [2.45, 2.75) is 45.6 Å². The fourth-order valence-electron chi connectivity index (χ4n) is 2.93. The summed E-state index contributed by atoms with van der Waals surface area (Å²) in [5, 5.41) is 3.17. The molecule has 0 spiro atoms. The molecule has 1 aromatic carbocycles. The molecule has 3 heteroatoms. The molecule has 3 N–H and O–H groups in total. The highest BCUT2D eigenvalue weighted by Crippen LogP contribution is 2.24. The van der Waals surface area contributed by atoms with E-state index in [9.17, 15) is 4.79 Å². The molecule has 0 bridgehead atoms. The molecular weight excluding hydrogens is 260 g/mol. The van der Waals surface area contributed by atoms with E-state index in [1.165, 1.54) is 12.8 Å². The summed E-state index contributed by atoms with van der Waals surface area (Å²) in [5.74, 6) is 6.50. The highest BCUT2D eigenvalue weighted by Gasteiger charge is 2.21. The Hall–Kier alpha value is -1.79. The number of nitrogens with one attached hydrogen (secondary N) is 1. The molecule has 1 aromatic rings. The minimum absolute atomic E-state index is 0.0147. The lowest BCUT2D eigenvalue weighted by molar-refractivity contribution is 0.0921. The number of hydrogen-bond acceptors (Lipinski definition) is 2. The lowest BCUT2D eigenvalue weighted by atomic mass is 9.87. The number of amides is 1. The molecule has 2 atom stereocenters. The van der Waals surface area contributed by atoms with Crippen molar-refractivity contribution in [2.75, 3.05) is 6.54 Å². The second kappa shape index (κ2) is 7.28. The van der Waals surface area contributed by atoms with Gasteiger partial charge in [-0.2, -0.15) is 0 Å². The molecule has 0 saturated heterocycles. The average Bonchev–Trinajstić information content (AvgIpc) is 2.46. The first-order chi connectivity index (χ1) is 10.1. The van der Waals surface area contributed by atoms with Gasteiger partial charge in [-0.1, -0.05) is 43.2 Å². The van der Waals surface area contributed by atoms with E-state index < -0.39 is 0 Å². The first-order valence-corrected chi connectivity index (χ1v) is 7.70. The van der Waals surface area contributed by atoms with Crippen molar-refractivity contribution < 1.29 is 4.79 Å². The lowest BCUT2D eigenvalue weighted by Crippen LogP contribution is -2.38. The van der Waals surface area contributed by atoms with Crippen molar-refractivity contribution in [3.05, 3.63) is 34.9 Å². The number of carbonyl (C=O) groups excluding carboxylic acids is 1. The van der Waals surface area contributed by atoms with Crippen LogP contribution in [-0.4, -0.2) is 18.5 Å². The van der Waals surface area contributed by atoms with E-state index in [0.29, 0.717) is 18.0 Å². The number of nitrogens with two attached hydrogens (primary N) is 1. The average molecular weight is 284 g/mol. The summed E-state index contributed by atoms with van der Waals surface area (Å²) in [6.07, 6.45) is 4.61. The normalized spacial score (nSPS) is 21.3. The number of benzene rings is 1. The van der Waals surface area contributed by atoms with Crippen LogP contribution in [0.3, 0.4) is 0 Å². The van der Waals surface area contributed by atoms with Gasteiger partial charge < -0.3 is 11.1 Å². The smallest absolute Gasteiger partial charge is 0.252 e. The van der Waals surface area contributed by atoms with E-state index >= 15 is 0 Å². The van der Waals surface area contributed by atoms with Gasteiger partial charge in [0.05, 0.1) is 12.1 Å². The zero-order valence-corrected chi connectivity index (χ0v) is 12.9. The highest BCUT2D eigenvalue weighted by atomic mass is 16.1. The first-order valence-electron chi connectivity index (χ1n) is 7.70. The Labute approximate surface area is 127 Å². The van der Waals surface area contributed by atoms with Crippen LogP contribution in [0, 0.1) is 24.7 Å². The van der Waals surface area contributed by atoms with Crippen molar-refractivity contribution in [2.24, 2.45) is 11.7 Å². The summed E-state index contributed by atoms with van der Waals surface area (Å²) in [6, 6.07) is 6.07. The summed E-state index contributed by atoms with van der Waals surface area (Å²) in [7, 11) is 0. The molecule has 0 aliphatic heterocycles. The summed E-state index contributed by atoms with van der Waals surface area (Å²) >= 11 is 0. The van der Waals surface area contributed by atoms with Gasteiger partial charge in [0.15, 0.2) is 0 Å². The Bertz CT molecular complexity index is 568. The molecule has 0 radical (unpaired) electrons. The zero-order chi connectivity index (χ0) is 15.2. The van der Waals surface area contributed by atoms with Crippen LogP contribution in [0.4, 0.5) is 0 Å². The van der Waals surface area contributed by atoms with Crippen molar-refractivity contribution in [3.8, 4) is 11.8 Å². The van der Waals surface area contributed by atoms with Crippen LogP contribution in [0.2, 0.25) is 0 Å². The van der Waals surface area contributed by atoms with Crippen LogP contribution in [0.25, 0.3) is 0 Å². The summed E-state index contributed by atoms with van der Waals surface area (Å²) in [4.78, 5) is 12.5. The molecule has 112 valence electrons. The number of carbonyl (C=O) groups is 1. The van der Waals surface area contributed by atoms with E-state index in [1.807, 2.05) is 25.1 Å². The largest absolute Gasteiger partial charge is 0.349 e. The van der Waals surface area contributed by atoms with Gasteiger partial charge in [0.1, 0.15) is 0 Å². The predicted octanol–water partition coefficient (Wildman–Crippen LogP) is 2.61. The van der Waals surface area contributed by atoms with Crippen LogP contribution in [-0.2, 0) is 0 Å². The third kappa shape index (κ3) is 4.34. The molecule has 0 aromatic heterocycles. The molecule has 1 aliphatic rings. The van der Waals surface area contributed by atoms with Gasteiger partial charge in [-0.25, -0.2) is 0 Å². The van der Waals surface area contributed by atoms with Gasteiger partial charge in [-0.15, -0.1) is 0 Å². The topological polar surface area (TPSA) is 55.1 Å². The maximum atomic E-state index is 12.5. The van der Waals surface area contributed by atoms with E-state index in [0.717, 1.165) is 24.0 Å². The van der Waals surface area contributed by atoms with E-state index in [1.54, 1.807) is 0 Å². The molecule has 1 fully saturated rings. The number of aryl methyl sites for hydroxylation is 1. The standard InChI is InChI=1S/C18H24N2O/c1-13-5-3-7-16(11-13)20-18(21)17-12-14(2)8-9-15(17)6-4-10-19/h8-9,12-13,16H,3,5,7,10-11,19H2,1-2H3,(H,20,21). The van der Waals surface area contributed by atoms with Crippen LogP contribution >= 0.6 is 0 Å². The fourth-order valence-corrected chi connectivity index (χ4v) is 2.93. The van der Waals surface area contributed by atoms with Gasteiger partial charge in [0, 0.05) is 11.6 Å². The monoisotopic (exact) mass is 284 g/mol. The first kappa shape index (κ1) is 15.6. The predicted molar refractivity (Wildman–Crippen MR) is 86.0 cm³/mol. The van der Waals surface area contributed by atoms with Gasteiger partial charge in [0.25, 0.3) is 5.91 Å². The molecule has 2 unspecified atom stereocenters. The Morgan fingerprint density at radius 1 is 1.43 bits per heavy atom. The molecule has 1 saturated carbocycles. The molecule has 1 aliphatic carbocycles. The third-order valence-electron chi connectivity index (χ3n) is 4.02. The van der Waals surface area contributed by atoms with Gasteiger partial charge in [-0.3, -0.25) is 4.79 Å². The number of rotatable bonds is 2. The quantitative estimate of drug-likeness (QED) is 0.820. The van der Waals surface area contributed by atoms with E-state index in [4.69, 9.17) is 5.73 Å². The van der Waals surface area contributed by atoms with Crippen LogP contribution in [0.15, 0.2) is 18.2 Å². The van der Waals surface area contributed by atoms with Crippen molar-refractivity contribution in [1.82, 2.24) is 5.32 Å². The van der Waals surface area contributed by atoms with Crippen LogP contribution in [0.1, 0.15) is 54.1 Å². The SMILES string of the molecule is Cc1ccc(C#CCN)c(C(=O)NC2CCCC(C)C2)c1. The molecule has 0 heterocycles. The van der Waals surface area contributed by atoms with Gasteiger partial charge in [0.2, 0.25) is 0 Å². The maximum Gasteiger partial charge on any atom is 0.252 e. The van der Waals surface area contributed by atoms with Crippen molar-refractivity contribution >= 4 is 5.91 Å². The molecule has 3 nitrogen and oxygen atoms in total. The van der Waals surface area contributed by atoms with E-state index in [-0.39, 0.29) is 11.9 Å². The third-order valence-corrected chi connectivity index (χ3v) is 4.02. The van der Waals surface area contributed by atoms with Crippen LogP contribution in [0.5, 0.6) is 0 Å². The summed E-state index contributed by atoms with van der Waals surface area (Å²) in [6.45, 7) is 4.54. The molecular formula is C18H24N2O. The molecule has 2 rings (SSSR count). The van der Waals surface area contributed by atoms with Crippen LogP contribution < -0.4 is 11.1 Å². The second-order valence-corrected chi connectivity index (χ2v) is 6.00. The summed E-state index contributed by atoms with van der Waals surface area (Å²) < 4.78 is 0. The zero-order valence-electron chi connectivity index (χ0n) is 12.9. The highest BCUT2D eigenvalue weighted by molar-refractivity contribution is 5.97. The van der Waals surface area contributed by atoms with E-state index in [2.05, 4.69) is 24.1 Å². The maximum absolute atomic E-state index is 12.5.